The summed E-state index contributed by atoms with van der Waals surface area (Å²) >= 11 is 0. The van der Waals surface area contributed by atoms with Gasteiger partial charge in [0.1, 0.15) is 0 Å². The van der Waals surface area contributed by atoms with Crippen molar-refractivity contribution in [3.63, 3.8) is 0 Å². The Morgan fingerprint density at radius 1 is 1.20 bits per heavy atom. The molecule has 0 N–H and O–H groups in total. The zero-order valence-corrected chi connectivity index (χ0v) is 9.45. The molecule has 0 saturated carbocycles. The molecule has 80 valence electrons. The van der Waals surface area contributed by atoms with Gasteiger partial charge in [-0.25, -0.2) is 0 Å². The van der Waals surface area contributed by atoms with Gasteiger partial charge >= 0.3 is 0 Å². The van der Waals surface area contributed by atoms with Gasteiger partial charge in [-0.1, -0.05) is 43.3 Å². The number of hydrogen-bond acceptors (Lipinski definition) is 1. The molecule has 1 aliphatic heterocycles. The summed E-state index contributed by atoms with van der Waals surface area (Å²) in [5.74, 6) is 0. The molecule has 0 bridgehead atoms. The largest absolute Gasteiger partial charge is 0.371 e. The average molecular weight is 201 g/mol. The first-order chi connectivity index (χ1) is 7.42. The highest BCUT2D eigenvalue weighted by Crippen LogP contribution is 2.24. The second-order valence-corrected chi connectivity index (χ2v) is 4.06. The van der Waals surface area contributed by atoms with Gasteiger partial charge in [-0.2, -0.15) is 0 Å². The molecule has 0 spiro atoms. The van der Waals surface area contributed by atoms with Crippen LogP contribution >= 0.6 is 0 Å². The smallest absolute Gasteiger partial charge is 0.0399 e. The van der Waals surface area contributed by atoms with Crippen molar-refractivity contribution in [1.29, 1.82) is 0 Å². The van der Waals surface area contributed by atoms with Gasteiger partial charge in [0.2, 0.25) is 0 Å². The molecule has 15 heavy (non-hydrogen) atoms. The molecular weight excluding hydrogens is 182 g/mol. The lowest BCUT2D eigenvalue weighted by molar-refractivity contribution is 0.492. The van der Waals surface area contributed by atoms with Crippen molar-refractivity contribution in [1.82, 2.24) is 4.90 Å². The fraction of sp³-hybridized carbons (Fsp3) is 0.429. The molecule has 1 aromatic rings. The number of allylic oxidation sites excluding steroid dienone is 1. The van der Waals surface area contributed by atoms with Crippen molar-refractivity contribution in [2.45, 2.75) is 26.2 Å². The highest BCUT2D eigenvalue weighted by Gasteiger charge is 2.15. The maximum atomic E-state index is 2.51. The number of hydrogen-bond donors (Lipinski definition) is 0. The summed E-state index contributed by atoms with van der Waals surface area (Å²) in [4.78, 5) is 2.51. The number of likely N-dealkylation sites (tertiary alicyclic amines) is 1. The highest BCUT2D eigenvalue weighted by molar-refractivity contribution is 5.64. The standard InChI is InChI=1S/C14H19N/c1-2-8-14(15-11-6-7-12-15)13-9-4-3-5-10-13/h3-5,8-10H,2,6-7,11-12H2,1H3. The molecule has 1 heteroatoms. The van der Waals surface area contributed by atoms with E-state index in [2.05, 4.69) is 48.2 Å². The van der Waals surface area contributed by atoms with Gasteiger partial charge in [0.05, 0.1) is 0 Å². The summed E-state index contributed by atoms with van der Waals surface area (Å²) in [6.45, 7) is 4.65. The van der Waals surface area contributed by atoms with Gasteiger partial charge in [0.15, 0.2) is 0 Å². The molecule has 0 amide bonds. The van der Waals surface area contributed by atoms with Crippen molar-refractivity contribution in [3.8, 4) is 0 Å². The molecule has 2 rings (SSSR count). The van der Waals surface area contributed by atoms with Crippen LogP contribution in [0.5, 0.6) is 0 Å². The van der Waals surface area contributed by atoms with Gasteiger partial charge in [-0.15, -0.1) is 0 Å². The van der Waals surface area contributed by atoms with Crippen molar-refractivity contribution < 1.29 is 0 Å². The minimum absolute atomic E-state index is 1.11. The monoisotopic (exact) mass is 201 g/mol. The van der Waals surface area contributed by atoms with Crippen molar-refractivity contribution in [2.24, 2.45) is 0 Å². The first kappa shape index (κ1) is 10.3. The molecule has 1 nitrogen and oxygen atoms in total. The van der Waals surface area contributed by atoms with Crippen LogP contribution < -0.4 is 0 Å². The Kier molecular flexibility index (Phi) is 3.44. The molecule has 1 aromatic carbocycles. The van der Waals surface area contributed by atoms with Crippen LogP contribution in [-0.2, 0) is 0 Å². The van der Waals surface area contributed by atoms with Crippen LogP contribution in [0.15, 0.2) is 36.4 Å². The minimum Gasteiger partial charge on any atom is -0.371 e. The zero-order chi connectivity index (χ0) is 10.5. The molecule has 0 unspecified atom stereocenters. The quantitative estimate of drug-likeness (QED) is 0.723. The summed E-state index contributed by atoms with van der Waals surface area (Å²) in [5, 5.41) is 0. The van der Waals surface area contributed by atoms with E-state index in [0.717, 1.165) is 6.42 Å². The van der Waals surface area contributed by atoms with Gasteiger partial charge in [-0.05, 0) is 24.8 Å². The topological polar surface area (TPSA) is 3.24 Å². The first-order valence-electron chi connectivity index (χ1n) is 5.92. The van der Waals surface area contributed by atoms with E-state index in [4.69, 9.17) is 0 Å². The number of rotatable bonds is 3. The Hall–Kier alpha value is -1.24. The van der Waals surface area contributed by atoms with Crippen LogP contribution in [0.25, 0.3) is 5.70 Å². The fourth-order valence-corrected chi connectivity index (χ4v) is 2.19. The van der Waals surface area contributed by atoms with E-state index in [0.29, 0.717) is 0 Å². The predicted molar refractivity (Wildman–Crippen MR) is 65.5 cm³/mol. The molecular formula is C14H19N. The third kappa shape index (κ3) is 2.41. The van der Waals surface area contributed by atoms with Crippen LogP contribution in [-0.4, -0.2) is 18.0 Å². The molecule has 1 saturated heterocycles. The van der Waals surface area contributed by atoms with Gasteiger partial charge < -0.3 is 4.90 Å². The maximum absolute atomic E-state index is 2.51. The van der Waals surface area contributed by atoms with Gasteiger partial charge in [-0.3, -0.25) is 0 Å². The van der Waals surface area contributed by atoms with E-state index in [1.54, 1.807) is 0 Å². The Balaban J connectivity index is 2.23. The van der Waals surface area contributed by atoms with Gasteiger partial charge in [0, 0.05) is 18.8 Å². The second kappa shape index (κ2) is 5.01. The number of benzene rings is 1. The van der Waals surface area contributed by atoms with Crippen molar-refractivity contribution in [2.75, 3.05) is 13.1 Å². The van der Waals surface area contributed by atoms with Crippen molar-refractivity contribution >= 4 is 5.70 Å². The van der Waals surface area contributed by atoms with E-state index in [1.807, 2.05) is 0 Å². The third-order valence-corrected chi connectivity index (χ3v) is 2.91. The van der Waals surface area contributed by atoms with E-state index < -0.39 is 0 Å². The summed E-state index contributed by atoms with van der Waals surface area (Å²) in [6.07, 6.45) is 6.14. The Labute approximate surface area is 92.4 Å². The highest BCUT2D eigenvalue weighted by atomic mass is 15.1. The molecule has 0 radical (unpaired) electrons. The van der Waals surface area contributed by atoms with Crippen molar-refractivity contribution in [3.05, 3.63) is 42.0 Å². The van der Waals surface area contributed by atoms with Crippen LogP contribution in [0.1, 0.15) is 31.7 Å². The predicted octanol–water partition coefficient (Wildman–Crippen LogP) is 3.53. The second-order valence-electron chi connectivity index (χ2n) is 4.06. The Morgan fingerprint density at radius 3 is 2.47 bits per heavy atom. The molecule has 0 aromatic heterocycles. The Bertz CT molecular complexity index is 320. The summed E-state index contributed by atoms with van der Waals surface area (Å²) in [5.41, 5.74) is 2.79. The summed E-state index contributed by atoms with van der Waals surface area (Å²) in [6, 6.07) is 10.7. The number of nitrogens with zero attached hydrogens (tertiary/aromatic N) is 1. The normalized spacial score (nSPS) is 17.1. The molecule has 1 fully saturated rings. The van der Waals surface area contributed by atoms with Crippen LogP contribution in [0.2, 0.25) is 0 Å². The van der Waals surface area contributed by atoms with Crippen LogP contribution in [0.3, 0.4) is 0 Å². The first-order valence-corrected chi connectivity index (χ1v) is 5.92. The molecule has 0 aliphatic carbocycles. The molecule has 0 atom stereocenters. The van der Waals surface area contributed by atoms with E-state index in [9.17, 15) is 0 Å². The SMILES string of the molecule is CCC=C(c1ccccc1)N1CCCC1. The molecule has 1 aliphatic rings. The summed E-state index contributed by atoms with van der Waals surface area (Å²) in [7, 11) is 0. The maximum Gasteiger partial charge on any atom is 0.0399 e. The van der Waals surface area contributed by atoms with E-state index >= 15 is 0 Å². The lowest BCUT2D eigenvalue weighted by Crippen LogP contribution is -2.17. The summed E-state index contributed by atoms with van der Waals surface area (Å²) < 4.78 is 0. The lowest BCUT2D eigenvalue weighted by atomic mass is 10.1. The zero-order valence-electron chi connectivity index (χ0n) is 9.45. The average Bonchev–Trinajstić information content (AvgIpc) is 2.80. The van der Waals surface area contributed by atoms with E-state index in [1.165, 1.54) is 37.2 Å². The fourth-order valence-electron chi connectivity index (χ4n) is 2.19. The minimum atomic E-state index is 1.11. The van der Waals surface area contributed by atoms with Gasteiger partial charge in [0.25, 0.3) is 0 Å². The van der Waals surface area contributed by atoms with Crippen LogP contribution in [0.4, 0.5) is 0 Å². The van der Waals surface area contributed by atoms with Crippen LogP contribution in [0, 0.1) is 0 Å². The van der Waals surface area contributed by atoms with E-state index in [-0.39, 0.29) is 0 Å². The molecule has 1 heterocycles. The third-order valence-electron chi connectivity index (χ3n) is 2.91. The lowest BCUT2D eigenvalue weighted by Gasteiger charge is -2.22. The Morgan fingerprint density at radius 2 is 1.87 bits per heavy atom.